The molecule has 0 unspecified atom stereocenters. The van der Waals surface area contributed by atoms with Gasteiger partial charge in [-0.05, 0) is 36.4 Å². The van der Waals surface area contributed by atoms with Gasteiger partial charge in [-0.3, -0.25) is 9.59 Å². The van der Waals surface area contributed by atoms with Crippen molar-refractivity contribution in [1.29, 1.82) is 0 Å². The number of benzene rings is 2. The number of hydrogen-bond donors (Lipinski definition) is 1. The third kappa shape index (κ3) is 5.25. The molecule has 6 nitrogen and oxygen atoms in total. The number of hydrogen-bond acceptors (Lipinski definition) is 4. The molecule has 0 saturated carbocycles. The van der Waals surface area contributed by atoms with Gasteiger partial charge in [0.1, 0.15) is 17.7 Å². The number of rotatable bonds is 6. The van der Waals surface area contributed by atoms with Crippen LogP contribution in [0.3, 0.4) is 0 Å². The molecule has 0 atom stereocenters. The third-order valence-corrected chi connectivity index (χ3v) is 5.05. The zero-order valence-corrected chi connectivity index (χ0v) is 16.9. The Labute approximate surface area is 173 Å². The molecule has 2 aromatic rings. The molecule has 1 N–H and O–H groups in total. The standard InChI is InChI=1S/C22H24F2N2O4/c1-14(27)26-9-7-18(8-10-26)30-21-12-15(3-6-20(21)29-2)22(28)25-13-16-11-17(23)4-5-19(16)24/h3-6,11-12,18H,7-10,13H2,1-2H3,(H,25,28). The highest BCUT2D eigenvalue weighted by atomic mass is 19.1. The van der Waals surface area contributed by atoms with Gasteiger partial charge in [0.05, 0.1) is 7.11 Å². The first-order valence-electron chi connectivity index (χ1n) is 9.69. The van der Waals surface area contributed by atoms with Crippen LogP contribution < -0.4 is 14.8 Å². The van der Waals surface area contributed by atoms with Crippen molar-refractivity contribution in [2.75, 3.05) is 20.2 Å². The predicted octanol–water partition coefficient (Wildman–Crippen LogP) is 3.29. The lowest BCUT2D eigenvalue weighted by Gasteiger charge is -2.31. The van der Waals surface area contributed by atoms with Crippen molar-refractivity contribution in [3.63, 3.8) is 0 Å². The highest BCUT2D eigenvalue weighted by Gasteiger charge is 2.23. The van der Waals surface area contributed by atoms with Crippen LogP contribution >= 0.6 is 0 Å². The van der Waals surface area contributed by atoms with Crippen molar-refractivity contribution in [1.82, 2.24) is 10.2 Å². The van der Waals surface area contributed by atoms with E-state index in [9.17, 15) is 18.4 Å². The molecule has 0 aliphatic carbocycles. The van der Waals surface area contributed by atoms with Gasteiger partial charge in [-0.2, -0.15) is 0 Å². The Hall–Kier alpha value is -3.16. The lowest BCUT2D eigenvalue weighted by Crippen LogP contribution is -2.40. The Morgan fingerprint density at radius 2 is 1.83 bits per heavy atom. The van der Waals surface area contributed by atoms with Crippen molar-refractivity contribution >= 4 is 11.8 Å². The Morgan fingerprint density at radius 1 is 1.10 bits per heavy atom. The SMILES string of the molecule is COc1ccc(C(=O)NCc2cc(F)ccc2F)cc1OC1CCN(C(C)=O)CC1. The lowest BCUT2D eigenvalue weighted by molar-refractivity contribution is -0.130. The van der Waals surface area contributed by atoms with E-state index in [2.05, 4.69) is 5.32 Å². The quantitative estimate of drug-likeness (QED) is 0.782. The summed E-state index contributed by atoms with van der Waals surface area (Å²) in [5.74, 6) is -0.666. The van der Waals surface area contributed by atoms with Crippen LogP contribution in [0.15, 0.2) is 36.4 Å². The average molecular weight is 418 g/mol. The summed E-state index contributed by atoms with van der Waals surface area (Å²) in [6.45, 7) is 2.62. The second-order valence-corrected chi connectivity index (χ2v) is 7.11. The van der Waals surface area contributed by atoms with Crippen LogP contribution in [0.5, 0.6) is 11.5 Å². The summed E-state index contributed by atoms with van der Waals surface area (Å²) in [5.41, 5.74) is 0.370. The van der Waals surface area contributed by atoms with Gasteiger partial charge < -0.3 is 19.7 Å². The minimum absolute atomic E-state index is 0.0411. The Bertz CT molecular complexity index is 927. The first kappa shape index (κ1) is 21.5. The van der Waals surface area contributed by atoms with Crippen LogP contribution in [0.4, 0.5) is 8.78 Å². The zero-order chi connectivity index (χ0) is 21.7. The van der Waals surface area contributed by atoms with E-state index in [4.69, 9.17) is 9.47 Å². The number of nitrogens with zero attached hydrogens (tertiary/aromatic N) is 1. The summed E-state index contributed by atoms with van der Waals surface area (Å²) in [4.78, 5) is 25.7. The number of nitrogens with one attached hydrogen (secondary N) is 1. The van der Waals surface area contributed by atoms with Crippen molar-refractivity contribution in [3.05, 3.63) is 59.2 Å². The molecule has 2 amide bonds. The molecule has 3 rings (SSSR count). The fourth-order valence-electron chi connectivity index (χ4n) is 3.33. The summed E-state index contributed by atoms with van der Waals surface area (Å²) in [6.07, 6.45) is 1.25. The summed E-state index contributed by atoms with van der Waals surface area (Å²) < 4.78 is 38.4. The normalized spacial score (nSPS) is 14.3. The Balaban J connectivity index is 1.67. The fourth-order valence-corrected chi connectivity index (χ4v) is 3.33. The predicted molar refractivity (Wildman–Crippen MR) is 106 cm³/mol. The molecule has 0 spiro atoms. The van der Waals surface area contributed by atoms with Crippen molar-refractivity contribution < 1.29 is 27.8 Å². The summed E-state index contributed by atoms with van der Waals surface area (Å²) in [5, 5.41) is 2.58. The first-order chi connectivity index (χ1) is 14.4. The van der Waals surface area contributed by atoms with Gasteiger partial charge in [0, 0.05) is 50.5 Å². The summed E-state index contributed by atoms with van der Waals surface area (Å²) in [7, 11) is 1.51. The average Bonchev–Trinajstić information content (AvgIpc) is 2.74. The number of likely N-dealkylation sites (tertiary alicyclic amines) is 1. The van der Waals surface area contributed by atoms with E-state index in [1.165, 1.54) is 7.11 Å². The van der Waals surface area contributed by atoms with E-state index < -0.39 is 17.5 Å². The molecular formula is C22H24F2N2O4. The molecule has 0 bridgehead atoms. The van der Waals surface area contributed by atoms with Crippen LogP contribution in [0.1, 0.15) is 35.7 Å². The molecule has 160 valence electrons. The van der Waals surface area contributed by atoms with Crippen LogP contribution in [0.25, 0.3) is 0 Å². The minimum atomic E-state index is -0.590. The number of amides is 2. The molecule has 1 fully saturated rings. The van der Waals surface area contributed by atoms with E-state index in [0.29, 0.717) is 43.0 Å². The topological polar surface area (TPSA) is 67.9 Å². The maximum atomic E-state index is 13.7. The third-order valence-electron chi connectivity index (χ3n) is 5.05. The van der Waals surface area contributed by atoms with E-state index in [1.807, 2.05) is 0 Å². The van der Waals surface area contributed by atoms with E-state index in [1.54, 1.807) is 30.0 Å². The van der Waals surface area contributed by atoms with Gasteiger partial charge in [0.25, 0.3) is 5.91 Å². The highest BCUT2D eigenvalue weighted by Crippen LogP contribution is 2.31. The molecule has 1 saturated heterocycles. The van der Waals surface area contributed by atoms with Gasteiger partial charge in [-0.15, -0.1) is 0 Å². The van der Waals surface area contributed by atoms with E-state index >= 15 is 0 Å². The molecule has 30 heavy (non-hydrogen) atoms. The number of halogens is 2. The fraction of sp³-hybridized carbons (Fsp3) is 0.364. The maximum Gasteiger partial charge on any atom is 0.251 e. The molecular weight excluding hydrogens is 394 g/mol. The van der Waals surface area contributed by atoms with Crippen LogP contribution in [-0.4, -0.2) is 43.0 Å². The van der Waals surface area contributed by atoms with Crippen molar-refractivity contribution in [2.45, 2.75) is 32.4 Å². The molecule has 0 aromatic heterocycles. The minimum Gasteiger partial charge on any atom is -0.493 e. The molecule has 1 heterocycles. The number of carbonyl (C=O) groups excluding carboxylic acids is 2. The van der Waals surface area contributed by atoms with Crippen LogP contribution in [0, 0.1) is 11.6 Å². The van der Waals surface area contributed by atoms with Crippen molar-refractivity contribution in [3.8, 4) is 11.5 Å². The first-order valence-corrected chi connectivity index (χ1v) is 9.69. The van der Waals surface area contributed by atoms with Gasteiger partial charge in [-0.1, -0.05) is 0 Å². The van der Waals surface area contributed by atoms with Gasteiger partial charge in [-0.25, -0.2) is 8.78 Å². The second-order valence-electron chi connectivity index (χ2n) is 7.11. The monoisotopic (exact) mass is 418 g/mol. The number of carbonyl (C=O) groups is 2. The zero-order valence-electron chi connectivity index (χ0n) is 16.9. The van der Waals surface area contributed by atoms with Gasteiger partial charge in [0.15, 0.2) is 11.5 Å². The molecule has 1 aliphatic heterocycles. The smallest absolute Gasteiger partial charge is 0.251 e. The summed E-state index contributed by atoms with van der Waals surface area (Å²) in [6, 6.07) is 7.85. The lowest BCUT2D eigenvalue weighted by atomic mass is 10.1. The molecule has 8 heteroatoms. The second kappa shape index (κ2) is 9.56. The van der Waals surface area contributed by atoms with Crippen LogP contribution in [0.2, 0.25) is 0 Å². The summed E-state index contributed by atoms with van der Waals surface area (Å²) >= 11 is 0. The highest BCUT2D eigenvalue weighted by molar-refractivity contribution is 5.94. The van der Waals surface area contributed by atoms with Crippen LogP contribution in [-0.2, 0) is 11.3 Å². The van der Waals surface area contributed by atoms with E-state index in [0.717, 1.165) is 18.2 Å². The largest absolute Gasteiger partial charge is 0.493 e. The number of ether oxygens (including phenoxy) is 2. The Kier molecular flexibility index (Phi) is 6.87. The van der Waals surface area contributed by atoms with E-state index in [-0.39, 0.29) is 24.1 Å². The van der Waals surface area contributed by atoms with Gasteiger partial charge in [0.2, 0.25) is 5.91 Å². The molecule has 0 radical (unpaired) electrons. The Morgan fingerprint density at radius 3 is 2.50 bits per heavy atom. The van der Waals surface area contributed by atoms with Crippen molar-refractivity contribution in [2.24, 2.45) is 0 Å². The number of methoxy groups -OCH3 is 1. The maximum absolute atomic E-state index is 13.7. The molecule has 2 aromatic carbocycles. The number of piperidine rings is 1. The van der Waals surface area contributed by atoms with Gasteiger partial charge >= 0.3 is 0 Å². The molecule has 1 aliphatic rings.